The summed E-state index contributed by atoms with van der Waals surface area (Å²) in [6.45, 7) is 2.62. The number of benzene rings is 1. The zero-order valence-electron chi connectivity index (χ0n) is 13.4. The lowest BCUT2D eigenvalue weighted by Crippen LogP contribution is -2.39. The molecule has 0 aromatic heterocycles. The highest BCUT2D eigenvalue weighted by molar-refractivity contribution is 14.0. The number of hydrogen-bond acceptors (Lipinski definition) is 1. The van der Waals surface area contributed by atoms with Gasteiger partial charge in [-0.25, -0.2) is 4.39 Å². The molecule has 1 aromatic carbocycles. The van der Waals surface area contributed by atoms with E-state index in [9.17, 15) is 17.6 Å². The number of aliphatic imine (C=N–C) groups is 1. The lowest BCUT2D eigenvalue weighted by atomic mass is 9.96. The molecule has 2 N–H and O–H groups in total. The van der Waals surface area contributed by atoms with E-state index in [2.05, 4.69) is 15.6 Å². The monoisotopic (exact) mass is 459 g/mol. The zero-order valence-corrected chi connectivity index (χ0v) is 15.7. The van der Waals surface area contributed by atoms with E-state index < -0.39 is 12.6 Å². The molecular weight excluding hydrogens is 437 g/mol. The van der Waals surface area contributed by atoms with Crippen molar-refractivity contribution >= 4 is 29.9 Å². The molecule has 0 amide bonds. The number of rotatable bonds is 6. The second-order valence-electron chi connectivity index (χ2n) is 5.78. The molecule has 0 spiro atoms. The molecular formula is C16H22F4IN3. The van der Waals surface area contributed by atoms with Gasteiger partial charge in [-0.3, -0.25) is 4.99 Å². The molecule has 1 aliphatic carbocycles. The van der Waals surface area contributed by atoms with Crippen LogP contribution in [0.4, 0.5) is 17.6 Å². The third-order valence-electron chi connectivity index (χ3n) is 3.88. The van der Waals surface area contributed by atoms with Gasteiger partial charge in [-0.05, 0) is 37.5 Å². The smallest absolute Gasteiger partial charge is 0.357 e. The minimum Gasteiger partial charge on any atom is -0.357 e. The standard InChI is InChI=1S/C16H21F4N3.HI/c1-2-21-14(22-9-8-16(18,19)20)23-11-15(6-7-15)12-4-3-5-13(17)10-12;/h3-5,10H,2,6-9,11H2,1H3,(H2,21,22,23);1H. The van der Waals surface area contributed by atoms with Crippen molar-refractivity contribution in [2.45, 2.75) is 37.8 Å². The Hall–Kier alpha value is -1.06. The van der Waals surface area contributed by atoms with Gasteiger partial charge in [0, 0.05) is 18.5 Å². The fourth-order valence-electron chi connectivity index (χ4n) is 2.40. The molecule has 3 nitrogen and oxygen atoms in total. The van der Waals surface area contributed by atoms with Crippen molar-refractivity contribution in [2.75, 3.05) is 19.6 Å². The molecule has 0 radical (unpaired) electrons. The first-order valence-electron chi connectivity index (χ1n) is 7.70. The molecule has 0 heterocycles. The fourth-order valence-corrected chi connectivity index (χ4v) is 2.40. The Morgan fingerprint density at radius 2 is 1.96 bits per heavy atom. The number of hydrogen-bond donors (Lipinski definition) is 2. The predicted octanol–water partition coefficient (Wildman–Crippen LogP) is 3.98. The van der Waals surface area contributed by atoms with E-state index >= 15 is 0 Å². The van der Waals surface area contributed by atoms with Gasteiger partial charge < -0.3 is 10.6 Å². The highest BCUT2D eigenvalue weighted by Gasteiger charge is 2.44. The lowest BCUT2D eigenvalue weighted by molar-refractivity contribution is -0.132. The van der Waals surface area contributed by atoms with Crippen molar-refractivity contribution in [1.82, 2.24) is 10.6 Å². The van der Waals surface area contributed by atoms with E-state index in [1.54, 1.807) is 6.07 Å². The molecule has 1 saturated carbocycles. The third-order valence-corrected chi connectivity index (χ3v) is 3.88. The van der Waals surface area contributed by atoms with Crippen LogP contribution in [0, 0.1) is 5.82 Å². The maximum absolute atomic E-state index is 13.4. The summed E-state index contributed by atoms with van der Waals surface area (Å²) in [6.07, 6.45) is -3.29. The summed E-state index contributed by atoms with van der Waals surface area (Å²) in [6, 6.07) is 6.44. The summed E-state index contributed by atoms with van der Waals surface area (Å²) >= 11 is 0. The molecule has 0 atom stereocenters. The van der Waals surface area contributed by atoms with Gasteiger partial charge in [-0.15, -0.1) is 24.0 Å². The van der Waals surface area contributed by atoms with Crippen LogP contribution in [0.2, 0.25) is 0 Å². The minimum absolute atomic E-state index is 0. The van der Waals surface area contributed by atoms with Gasteiger partial charge in [0.1, 0.15) is 5.82 Å². The molecule has 8 heteroatoms. The quantitative estimate of drug-likeness (QED) is 0.292. The molecule has 1 aromatic rings. The Kier molecular flexibility index (Phi) is 7.75. The Labute approximate surface area is 156 Å². The number of nitrogens with zero attached hydrogens (tertiary/aromatic N) is 1. The van der Waals surface area contributed by atoms with Crippen LogP contribution < -0.4 is 10.6 Å². The third kappa shape index (κ3) is 6.45. The second kappa shape index (κ2) is 8.87. The van der Waals surface area contributed by atoms with E-state index in [1.165, 1.54) is 12.1 Å². The Morgan fingerprint density at radius 3 is 2.50 bits per heavy atom. The number of halogens is 5. The molecule has 24 heavy (non-hydrogen) atoms. The van der Waals surface area contributed by atoms with Crippen LogP contribution in [0.15, 0.2) is 29.3 Å². The number of alkyl halides is 3. The van der Waals surface area contributed by atoms with Gasteiger partial charge in [0.25, 0.3) is 0 Å². The molecule has 0 saturated heterocycles. The fraction of sp³-hybridized carbons (Fsp3) is 0.562. The maximum Gasteiger partial charge on any atom is 0.390 e. The summed E-state index contributed by atoms with van der Waals surface area (Å²) < 4.78 is 50.0. The summed E-state index contributed by atoms with van der Waals surface area (Å²) in [7, 11) is 0. The molecule has 136 valence electrons. The Balaban J connectivity index is 0.00000288. The minimum atomic E-state index is -4.19. The van der Waals surface area contributed by atoms with Crippen LogP contribution in [0.3, 0.4) is 0 Å². The topological polar surface area (TPSA) is 36.4 Å². The van der Waals surface area contributed by atoms with Crippen LogP contribution in [0.25, 0.3) is 0 Å². The van der Waals surface area contributed by atoms with Crippen LogP contribution in [-0.2, 0) is 5.41 Å². The second-order valence-corrected chi connectivity index (χ2v) is 5.78. The van der Waals surface area contributed by atoms with Crippen LogP contribution in [0.1, 0.15) is 31.7 Å². The Bertz CT molecular complexity index is 556. The first-order chi connectivity index (χ1) is 10.8. The summed E-state index contributed by atoms with van der Waals surface area (Å²) in [5, 5.41) is 5.61. The molecule has 0 unspecified atom stereocenters. The van der Waals surface area contributed by atoms with Crippen LogP contribution >= 0.6 is 24.0 Å². The van der Waals surface area contributed by atoms with Crippen molar-refractivity contribution in [2.24, 2.45) is 4.99 Å². The largest absolute Gasteiger partial charge is 0.390 e. The molecule has 1 fully saturated rings. The Morgan fingerprint density at radius 1 is 1.25 bits per heavy atom. The van der Waals surface area contributed by atoms with Crippen molar-refractivity contribution in [3.05, 3.63) is 35.6 Å². The van der Waals surface area contributed by atoms with E-state index in [0.717, 1.165) is 18.4 Å². The summed E-state index contributed by atoms with van der Waals surface area (Å²) in [5.41, 5.74) is 0.710. The first kappa shape index (κ1) is 21.0. The van der Waals surface area contributed by atoms with E-state index in [0.29, 0.717) is 19.0 Å². The predicted molar refractivity (Wildman–Crippen MR) is 97.4 cm³/mol. The number of nitrogens with one attached hydrogen (secondary N) is 2. The molecule has 0 aliphatic heterocycles. The van der Waals surface area contributed by atoms with Gasteiger partial charge >= 0.3 is 6.18 Å². The first-order valence-corrected chi connectivity index (χ1v) is 7.70. The maximum atomic E-state index is 13.4. The molecule has 2 rings (SSSR count). The van der Waals surface area contributed by atoms with E-state index in [1.807, 2.05) is 13.0 Å². The van der Waals surface area contributed by atoms with Crippen molar-refractivity contribution in [3.8, 4) is 0 Å². The summed E-state index contributed by atoms with van der Waals surface area (Å²) in [5.74, 6) is 0.0763. The van der Waals surface area contributed by atoms with E-state index in [4.69, 9.17) is 0 Å². The summed E-state index contributed by atoms with van der Waals surface area (Å²) in [4.78, 5) is 4.38. The van der Waals surface area contributed by atoms with Crippen molar-refractivity contribution in [3.63, 3.8) is 0 Å². The normalized spacial score (nSPS) is 16.3. The molecule has 0 bridgehead atoms. The highest BCUT2D eigenvalue weighted by atomic mass is 127. The van der Waals surface area contributed by atoms with Gasteiger partial charge in [0.2, 0.25) is 0 Å². The van der Waals surface area contributed by atoms with Crippen LogP contribution in [0.5, 0.6) is 0 Å². The van der Waals surface area contributed by atoms with E-state index in [-0.39, 0.29) is 41.8 Å². The number of guanidine groups is 1. The van der Waals surface area contributed by atoms with Crippen LogP contribution in [-0.4, -0.2) is 31.8 Å². The van der Waals surface area contributed by atoms with Gasteiger partial charge in [0.15, 0.2) is 5.96 Å². The lowest BCUT2D eigenvalue weighted by Gasteiger charge is -2.16. The average Bonchev–Trinajstić information content (AvgIpc) is 3.25. The average molecular weight is 459 g/mol. The van der Waals surface area contributed by atoms with Gasteiger partial charge in [-0.2, -0.15) is 13.2 Å². The SMILES string of the molecule is CCNC(=NCC1(c2cccc(F)c2)CC1)NCCC(F)(F)F.I. The zero-order chi connectivity index (χ0) is 16.9. The van der Waals surface area contributed by atoms with Gasteiger partial charge in [-0.1, -0.05) is 12.1 Å². The van der Waals surface area contributed by atoms with Crippen molar-refractivity contribution in [1.29, 1.82) is 0 Å². The molecule has 1 aliphatic rings. The van der Waals surface area contributed by atoms with Gasteiger partial charge in [0.05, 0.1) is 13.0 Å². The highest BCUT2D eigenvalue weighted by Crippen LogP contribution is 2.48. The van der Waals surface area contributed by atoms with Crippen molar-refractivity contribution < 1.29 is 17.6 Å².